The molecule has 2 nitrogen and oxygen atoms in total. The van der Waals surface area contributed by atoms with Crippen LogP contribution in [-0.2, 0) is 12.0 Å². The van der Waals surface area contributed by atoms with Crippen molar-refractivity contribution in [1.29, 1.82) is 0 Å². The second-order valence-corrected chi connectivity index (χ2v) is 5.34. The van der Waals surface area contributed by atoms with Crippen LogP contribution in [-0.4, -0.2) is 5.11 Å². The molecule has 0 bridgehead atoms. The molecule has 1 unspecified atom stereocenters. The lowest BCUT2D eigenvalue weighted by molar-refractivity contribution is 0.0789. The van der Waals surface area contributed by atoms with Gasteiger partial charge >= 0.3 is 0 Å². The Labute approximate surface area is 115 Å². The Morgan fingerprint density at radius 2 is 1.89 bits per heavy atom. The average molecular weight is 278 g/mol. The lowest BCUT2D eigenvalue weighted by atomic mass is 9.87. The zero-order valence-corrected chi connectivity index (χ0v) is 10.9. The minimum atomic E-state index is -1.29. The summed E-state index contributed by atoms with van der Waals surface area (Å²) in [6, 6.07) is 9.69. The summed E-state index contributed by atoms with van der Waals surface area (Å²) in [5, 5.41) is 11.2. The Morgan fingerprint density at radius 1 is 1.16 bits per heavy atom. The van der Waals surface area contributed by atoms with Crippen LogP contribution in [0.5, 0.6) is 0 Å². The van der Waals surface area contributed by atoms with Crippen LogP contribution in [0.3, 0.4) is 0 Å². The third-order valence-electron chi connectivity index (χ3n) is 3.71. The summed E-state index contributed by atoms with van der Waals surface area (Å²) >= 11 is 5.75. The molecule has 0 radical (unpaired) electrons. The number of anilines is 1. The molecule has 19 heavy (non-hydrogen) atoms. The molecule has 0 aliphatic heterocycles. The van der Waals surface area contributed by atoms with Crippen molar-refractivity contribution in [2.45, 2.75) is 18.4 Å². The molecule has 0 aromatic heterocycles. The Bertz CT molecular complexity index is 659. The molecule has 0 amide bonds. The highest BCUT2D eigenvalue weighted by Crippen LogP contribution is 2.43. The maximum absolute atomic E-state index is 14.1. The molecule has 0 spiro atoms. The SMILES string of the molecule is Nc1ccc2c(c1)CCC2(O)c1ccc(Cl)cc1F. The first-order chi connectivity index (χ1) is 9.00. The third-order valence-corrected chi connectivity index (χ3v) is 3.94. The second-order valence-electron chi connectivity index (χ2n) is 4.90. The van der Waals surface area contributed by atoms with E-state index in [0.29, 0.717) is 23.6 Å². The van der Waals surface area contributed by atoms with Crippen molar-refractivity contribution in [3.05, 3.63) is 63.9 Å². The summed E-state index contributed by atoms with van der Waals surface area (Å²) in [6.07, 6.45) is 1.13. The molecule has 1 aliphatic rings. The molecule has 3 rings (SSSR count). The van der Waals surface area contributed by atoms with E-state index in [0.717, 1.165) is 11.1 Å². The van der Waals surface area contributed by atoms with Crippen LogP contribution in [0.15, 0.2) is 36.4 Å². The highest BCUT2D eigenvalue weighted by Gasteiger charge is 2.40. The quantitative estimate of drug-likeness (QED) is 0.786. The van der Waals surface area contributed by atoms with Gasteiger partial charge in [0.25, 0.3) is 0 Å². The number of halogens is 2. The largest absolute Gasteiger partial charge is 0.399 e. The normalized spacial score (nSPS) is 21.4. The number of rotatable bonds is 1. The number of nitrogen functional groups attached to an aromatic ring is 1. The number of aliphatic hydroxyl groups is 1. The predicted molar refractivity (Wildman–Crippen MR) is 73.6 cm³/mol. The standard InChI is InChI=1S/C15H13ClFNO/c16-10-1-3-13(14(17)8-10)15(19)6-5-9-7-11(18)2-4-12(9)15/h1-4,7-8,19H,5-6,18H2. The molecular weight excluding hydrogens is 265 g/mol. The van der Waals surface area contributed by atoms with Gasteiger partial charge in [-0.3, -0.25) is 0 Å². The molecule has 1 atom stereocenters. The molecule has 0 fully saturated rings. The molecule has 3 N–H and O–H groups in total. The summed E-state index contributed by atoms with van der Waals surface area (Å²) in [5.41, 5.74) is 7.05. The van der Waals surface area contributed by atoms with E-state index in [1.54, 1.807) is 24.3 Å². The Hall–Kier alpha value is -1.58. The Morgan fingerprint density at radius 3 is 2.63 bits per heavy atom. The first-order valence-electron chi connectivity index (χ1n) is 6.07. The fraction of sp³-hybridized carbons (Fsp3) is 0.200. The van der Waals surface area contributed by atoms with E-state index in [1.807, 2.05) is 6.07 Å². The van der Waals surface area contributed by atoms with Crippen molar-refractivity contribution in [3.63, 3.8) is 0 Å². The second kappa shape index (κ2) is 4.22. The highest BCUT2D eigenvalue weighted by molar-refractivity contribution is 6.30. The molecule has 1 aliphatic carbocycles. The van der Waals surface area contributed by atoms with Gasteiger partial charge < -0.3 is 10.8 Å². The summed E-state index contributed by atoms with van der Waals surface area (Å²) in [5.74, 6) is -0.486. The van der Waals surface area contributed by atoms with Gasteiger partial charge in [-0.25, -0.2) is 4.39 Å². The van der Waals surface area contributed by atoms with E-state index in [1.165, 1.54) is 6.07 Å². The fourth-order valence-electron chi connectivity index (χ4n) is 2.78. The van der Waals surface area contributed by atoms with Crippen molar-refractivity contribution in [2.75, 3.05) is 5.73 Å². The van der Waals surface area contributed by atoms with Crippen LogP contribution < -0.4 is 5.73 Å². The van der Waals surface area contributed by atoms with Gasteiger partial charge in [0.15, 0.2) is 0 Å². The number of hydrogen-bond acceptors (Lipinski definition) is 2. The van der Waals surface area contributed by atoms with Crippen molar-refractivity contribution in [2.24, 2.45) is 0 Å². The topological polar surface area (TPSA) is 46.2 Å². The van der Waals surface area contributed by atoms with Crippen LogP contribution in [0.1, 0.15) is 23.1 Å². The fourth-order valence-corrected chi connectivity index (χ4v) is 2.94. The number of nitrogens with two attached hydrogens (primary N) is 1. The van der Waals surface area contributed by atoms with Gasteiger partial charge in [-0.1, -0.05) is 23.7 Å². The number of hydrogen-bond donors (Lipinski definition) is 2. The van der Waals surface area contributed by atoms with E-state index in [4.69, 9.17) is 17.3 Å². The maximum Gasteiger partial charge on any atom is 0.131 e. The van der Waals surface area contributed by atoms with Gasteiger partial charge in [0, 0.05) is 16.3 Å². The summed E-state index contributed by atoms with van der Waals surface area (Å²) in [6.45, 7) is 0. The zero-order valence-electron chi connectivity index (χ0n) is 10.2. The van der Waals surface area contributed by atoms with Crippen molar-refractivity contribution < 1.29 is 9.50 Å². The van der Waals surface area contributed by atoms with Gasteiger partial charge in [-0.05, 0) is 48.2 Å². The van der Waals surface area contributed by atoms with Gasteiger partial charge in [0.1, 0.15) is 11.4 Å². The highest BCUT2D eigenvalue weighted by atomic mass is 35.5. The number of fused-ring (bicyclic) bond motifs is 1. The van der Waals surface area contributed by atoms with Crippen molar-refractivity contribution in [1.82, 2.24) is 0 Å². The maximum atomic E-state index is 14.1. The molecule has 0 saturated carbocycles. The van der Waals surface area contributed by atoms with Gasteiger partial charge in [-0.2, -0.15) is 0 Å². The lowest BCUT2D eigenvalue weighted by Gasteiger charge is -2.25. The van der Waals surface area contributed by atoms with E-state index in [-0.39, 0.29) is 5.56 Å². The molecule has 0 heterocycles. The van der Waals surface area contributed by atoms with E-state index < -0.39 is 11.4 Å². The van der Waals surface area contributed by atoms with Gasteiger partial charge in [-0.15, -0.1) is 0 Å². The third kappa shape index (κ3) is 1.90. The molecule has 2 aromatic rings. The van der Waals surface area contributed by atoms with E-state index >= 15 is 0 Å². The predicted octanol–water partition coefficient (Wildman–Crippen LogP) is 3.24. The van der Waals surface area contributed by atoms with Crippen LogP contribution in [0, 0.1) is 5.82 Å². The van der Waals surface area contributed by atoms with Gasteiger partial charge in [0.05, 0.1) is 0 Å². The van der Waals surface area contributed by atoms with Crippen LogP contribution in [0.2, 0.25) is 5.02 Å². The summed E-state index contributed by atoms with van der Waals surface area (Å²) in [4.78, 5) is 0. The monoisotopic (exact) mass is 277 g/mol. The number of benzene rings is 2. The minimum absolute atomic E-state index is 0.264. The smallest absolute Gasteiger partial charge is 0.131 e. The molecule has 4 heteroatoms. The van der Waals surface area contributed by atoms with E-state index in [2.05, 4.69) is 0 Å². The van der Waals surface area contributed by atoms with Crippen LogP contribution >= 0.6 is 11.6 Å². The lowest BCUT2D eigenvalue weighted by Crippen LogP contribution is -2.25. The van der Waals surface area contributed by atoms with Gasteiger partial charge in [0.2, 0.25) is 0 Å². The summed E-state index contributed by atoms with van der Waals surface area (Å²) in [7, 11) is 0. The van der Waals surface area contributed by atoms with Crippen LogP contribution in [0.25, 0.3) is 0 Å². The van der Waals surface area contributed by atoms with Crippen molar-refractivity contribution >= 4 is 17.3 Å². The van der Waals surface area contributed by atoms with Crippen molar-refractivity contribution in [3.8, 4) is 0 Å². The first-order valence-corrected chi connectivity index (χ1v) is 6.45. The zero-order chi connectivity index (χ0) is 13.6. The van der Waals surface area contributed by atoms with E-state index in [9.17, 15) is 9.50 Å². The first kappa shape index (κ1) is 12.5. The minimum Gasteiger partial charge on any atom is -0.399 e. The van der Waals surface area contributed by atoms with Crippen LogP contribution in [0.4, 0.5) is 10.1 Å². The molecule has 0 saturated heterocycles. The Balaban J connectivity index is 2.16. The summed E-state index contributed by atoms with van der Waals surface area (Å²) < 4.78 is 14.1. The Kier molecular flexibility index (Phi) is 2.77. The molecule has 98 valence electrons. The molecule has 2 aromatic carbocycles. The molecular formula is C15H13ClFNO. The average Bonchev–Trinajstić information content (AvgIpc) is 2.67. The number of aryl methyl sites for hydroxylation is 1.